The molecule has 0 fully saturated rings. The molecule has 0 spiro atoms. The topological polar surface area (TPSA) is 124 Å². The molecule has 0 saturated carbocycles. The number of hydrogen-bond donors (Lipinski definition) is 3. The van der Waals surface area contributed by atoms with Crippen LogP contribution in [0, 0.1) is 0 Å². The summed E-state index contributed by atoms with van der Waals surface area (Å²) in [5, 5.41) is 9.00. The third-order valence-corrected chi connectivity index (χ3v) is 7.57. The minimum atomic E-state index is -0.690. The Morgan fingerprint density at radius 2 is 1.65 bits per heavy atom. The van der Waals surface area contributed by atoms with Gasteiger partial charge >= 0.3 is 0 Å². The van der Waals surface area contributed by atoms with Crippen LogP contribution in [0.3, 0.4) is 0 Å². The molecule has 0 aromatic heterocycles. The van der Waals surface area contributed by atoms with Gasteiger partial charge in [0.1, 0.15) is 11.8 Å². The van der Waals surface area contributed by atoms with E-state index in [1.54, 1.807) is 34.3 Å². The highest BCUT2D eigenvalue weighted by molar-refractivity contribution is 5.85. The maximum atomic E-state index is 13.6. The number of nitrogens with one attached hydrogen (secondary N) is 3. The Balaban J connectivity index is 1.67. The molecular formula is C33H39N3O7. The number of methoxy groups -OCH3 is 4. The second-order valence-corrected chi connectivity index (χ2v) is 10.3. The maximum Gasteiger partial charge on any atom is 0.242 e. The number of para-hydroxylation sites is 1. The van der Waals surface area contributed by atoms with Crippen molar-refractivity contribution >= 4 is 17.5 Å². The molecule has 2 atom stereocenters. The van der Waals surface area contributed by atoms with E-state index in [4.69, 9.17) is 18.9 Å². The quantitative estimate of drug-likeness (QED) is 0.306. The molecule has 0 aliphatic heterocycles. The summed E-state index contributed by atoms with van der Waals surface area (Å²) in [6.07, 6.45) is 1.75. The number of anilines is 1. The van der Waals surface area contributed by atoms with Crippen molar-refractivity contribution < 1.29 is 28.5 Å². The molecule has 0 unspecified atom stereocenters. The van der Waals surface area contributed by atoms with Crippen LogP contribution in [0.4, 0.5) is 5.69 Å². The summed E-state index contributed by atoms with van der Waals surface area (Å²) >= 11 is 0. The molecule has 2 amide bonds. The average molecular weight is 590 g/mol. The Bertz CT molecular complexity index is 1560. The lowest BCUT2D eigenvalue weighted by Crippen LogP contribution is -2.39. The normalized spacial score (nSPS) is 14.2. The summed E-state index contributed by atoms with van der Waals surface area (Å²) in [5.41, 5.74) is 3.97. The first-order valence-electron chi connectivity index (χ1n) is 14.2. The van der Waals surface area contributed by atoms with Crippen molar-refractivity contribution in [1.29, 1.82) is 0 Å². The van der Waals surface area contributed by atoms with Crippen LogP contribution >= 0.6 is 0 Å². The Morgan fingerprint density at radius 3 is 2.33 bits per heavy atom. The highest BCUT2D eigenvalue weighted by atomic mass is 16.5. The van der Waals surface area contributed by atoms with Gasteiger partial charge in [0.05, 0.1) is 40.2 Å². The zero-order chi connectivity index (χ0) is 31.1. The standard InChI is InChI=1S/C33H39N3O7/c1-19(33(39)34-16-15-21-9-7-8-10-28(21)40-3)35-26-14-12-23-24(18-27(26)38)25(36-20(2)37)13-11-22-17-29(41-4)31(42-5)32(43-6)30(22)23/h7-10,12,14,17-19,25H,11,13,15-16H2,1-6H3,(H,34,39)(H,35,38)(H,36,37)/t19-,25-/m0/s1. The van der Waals surface area contributed by atoms with E-state index >= 15 is 0 Å². The molecule has 1 aliphatic rings. The van der Waals surface area contributed by atoms with Gasteiger partial charge in [0.2, 0.25) is 23.0 Å². The number of carbonyl (C=O) groups excluding carboxylic acids is 2. The predicted molar refractivity (Wildman–Crippen MR) is 165 cm³/mol. The summed E-state index contributed by atoms with van der Waals surface area (Å²) in [4.78, 5) is 38.7. The molecule has 4 rings (SSSR count). The van der Waals surface area contributed by atoms with Gasteiger partial charge in [-0.3, -0.25) is 14.4 Å². The number of rotatable bonds is 11. The monoisotopic (exact) mass is 589 g/mol. The van der Waals surface area contributed by atoms with Crippen molar-refractivity contribution in [3.8, 4) is 34.1 Å². The van der Waals surface area contributed by atoms with Gasteiger partial charge < -0.3 is 34.9 Å². The summed E-state index contributed by atoms with van der Waals surface area (Å²) < 4.78 is 22.4. The molecule has 3 aromatic rings. The van der Waals surface area contributed by atoms with Crippen LogP contribution in [0.25, 0.3) is 11.1 Å². The van der Waals surface area contributed by atoms with E-state index in [1.165, 1.54) is 20.1 Å². The number of ether oxygens (including phenoxy) is 4. The van der Waals surface area contributed by atoms with Crippen LogP contribution in [0.2, 0.25) is 0 Å². The fraction of sp³-hybridized carbons (Fsp3) is 0.364. The van der Waals surface area contributed by atoms with E-state index in [1.807, 2.05) is 36.4 Å². The molecule has 3 N–H and O–H groups in total. The maximum absolute atomic E-state index is 13.6. The Morgan fingerprint density at radius 1 is 0.930 bits per heavy atom. The van der Waals surface area contributed by atoms with E-state index in [9.17, 15) is 14.4 Å². The van der Waals surface area contributed by atoms with Gasteiger partial charge in [-0.1, -0.05) is 24.3 Å². The first kappa shape index (κ1) is 31.2. The van der Waals surface area contributed by atoms with E-state index in [2.05, 4.69) is 16.0 Å². The molecule has 10 heteroatoms. The number of amides is 2. The van der Waals surface area contributed by atoms with Crippen molar-refractivity contribution in [2.75, 3.05) is 40.3 Å². The number of benzene rings is 2. The highest BCUT2D eigenvalue weighted by Gasteiger charge is 2.29. The lowest BCUT2D eigenvalue weighted by atomic mass is 9.95. The van der Waals surface area contributed by atoms with Gasteiger partial charge in [0.15, 0.2) is 11.5 Å². The predicted octanol–water partition coefficient (Wildman–Crippen LogP) is 4.03. The van der Waals surface area contributed by atoms with Gasteiger partial charge in [-0.25, -0.2) is 0 Å². The van der Waals surface area contributed by atoms with Gasteiger partial charge in [0.25, 0.3) is 0 Å². The van der Waals surface area contributed by atoms with Crippen molar-refractivity contribution in [2.45, 2.75) is 45.2 Å². The molecule has 0 saturated heterocycles. The first-order valence-corrected chi connectivity index (χ1v) is 14.2. The lowest BCUT2D eigenvalue weighted by molar-refractivity contribution is -0.121. The van der Waals surface area contributed by atoms with Crippen LogP contribution in [0.5, 0.6) is 23.0 Å². The Kier molecular flexibility index (Phi) is 10.1. The second kappa shape index (κ2) is 14.0. The number of carbonyl (C=O) groups is 2. The summed E-state index contributed by atoms with van der Waals surface area (Å²) in [7, 11) is 6.27. The van der Waals surface area contributed by atoms with Gasteiger partial charge in [-0.05, 0) is 72.7 Å². The fourth-order valence-corrected chi connectivity index (χ4v) is 5.51. The molecule has 1 aliphatic carbocycles. The molecule has 43 heavy (non-hydrogen) atoms. The van der Waals surface area contributed by atoms with Crippen molar-refractivity contribution in [1.82, 2.24) is 10.6 Å². The van der Waals surface area contributed by atoms with Crippen LogP contribution in [-0.2, 0) is 22.4 Å². The van der Waals surface area contributed by atoms with Crippen LogP contribution < -0.4 is 40.3 Å². The van der Waals surface area contributed by atoms with Crippen LogP contribution in [0.15, 0.2) is 53.3 Å². The average Bonchev–Trinajstić information content (AvgIpc) is 3.24. The third-order valence-electron chi connectivity index (χ3n) is 7.57. The Hall–Kier alpha value is -4.73. The molecule has 3 aromatic carbocycles. The third kappa shape index (κ3) is 6.85. The van der Waals surface area contributed by atoms with E-state index in [0.717, 1.165) is 22.4 Å². The van der Waals surface area contributed by atoms with E-state index in [0.29, 0.717) is 54.2 Å². The highest BCUT2D eigenvalue weighted by Crippen LogP contribution is 2.50. The number of hydrogen-bond acceptors (Lipinski definition) is 8. The number of fused-ring (bicyclic) bond motifs is 3. The molecular weight excluding hydrogens is 550 g/mol. The van der Waals surface area contributed by atoms with Gasteiger partial charge in [-0.15, -0.1) is 0 Å². The van der Waals surface area contributed by atoms with Gasteiger partial charge in [0, 0.05) is 19.0 Å². The largest absolute Gasteiger partial charge is 0.496 e. The molecule has 228 valence electrons. The fourth-order valence-electron chi connectivity index (χ4n) is 5.51. The SMILES string of the molecule is COc1ccccc1CCNC(=O)[C@H](C)Nc1ccc2c(cc1=O)[C@@H](NC(C)=O)CCc1cc(OC)c(OC)c(OC)c1-2. The van der Waals surface area contributed by atoms with Gasteiger partial charge in [-0.2, -0.15) is 0 Å². The zero-order valence-electron chi connectivity index (χ0n) is 25.5. The number of aryl methyl sites for hydroxylation is 1. The molecule has 0 heterocycles. The van der Waals surface area contributed by atoms with Crippen molar-refractivity contribution in [3.05, 3.63) is 75.4 Å². The van der Waals surface area contributed by atoms with Crippen LogP contribution in [-0.4, -0.2) is 52.8 Å². The van der Waals surface area contributed by atoms with E-state index in [-0.39, 0.29) is 22.9 Å². The lowest BCUT2D eigenvalue weighted by Gasteiger charge is -2.19. The molecule has 10 nitrogen and oxygen atoms in total. The minimum Gasteiger partial charge on any atom is -0.496 e. The smallest absolute Gasteiger partial charge is 0.242 e. The summed E-state index contributed by atoms with van der Waals surface area (Å²) in [5.74, 6) is 1.73. The summed E-state index contributed by atoms with van der Waals surface area (Å²) in [6, 6.07) is 13.4. The van der Waals surface area contributed by atoms with Crippen molar-refractivity contribution in [2.24, 2.45) is 0 Å². The van der Waals surface area contributed by atoms with Crippen molar-refractivity contribution in [3.63, 3.8) is 0 Å². The first-order chi connectivity index (χ1) is 20.7. The second-order valence-electron chi connectivity index (χ2n) is 10.3. The Labute approximate surface area is 251 Å². The zero-order valence-corrected chi connectivity index (χ0v) is 25.5. The molecule has 0 bridgehead atoms. The molecule has 0 radical (unpaired) electrons. The van der Waals surface area contributed by atoms with E-state index < -0.39 is 12.1 Å². The minimum absolute atomic E-state index is 0.209. The summed E-state index contributed by atoms with van der Waals surface area (Å²) in [6.45, 7) is 3.56. The van der Waals surface area contributed by atoms with Crippen LogP contribution in [0.1, 0.15) is 43.0 Å².